The first kappa shape index (κ1) is 14.2. The zero-order valence-electron chi connectivity index (χ0n) is 11.7. The molecule has 1 unspecified atom stereocenters. The van der Waals surface area contributed by atoms with Crippen molar-refractivity contribution in [1.29, 1.82) is 0 Å². The van der Waals surface area contributed by atoms with Gasteiger partial charge in [-0.2, -0.15) is 0 Å². The third kappa shape index (κ3) is 2.69. The van der Waals surface area contributed by atoms with E-state index in [0.717, 1.165) is 32.1 Å². The van der Waals surface area contributed by atoms with Crippen LogP contribution in [0.4, 0.5) is 4.79 Å². The fourth-order valence-electron chi connectivity index (χ4n) is 3.42. The number of carbonyl (C=O) groups excluding carboxylic acids is 1. The second kappa shape index (κ2) is 5.80. The number of carboxylic acid groups (broad SMARTS) is 1. The van der Waals surface area contributed by atoms with Crippen LogP contribution >= 0.6 is 0 Å². The number of hydrogen-bond acceptors (Lipinski definition) is 2. The summed E-state index contributed by atoms with van der Waals surface area (Å²) in [7, 11) is 0. The van der Waals surface area contributed by atoms with Gasteiger partial charge in [0.1, 0.15) is 5.54 Å². The maximum absolute atomic E-state index is 12.3. The lowest BCUT2D eigenvalue weighted by molar-refractivity contribution is -0.148. The van der Waals surface area contributed by atoms with Gasteiger partial charge in [-0.1, -0.05) is 26.2 Å². The van der Waals surface area contributed by atoms with E-state index in [4.69, 9.17) is 0 Å². The molecule has 2 rings (SSSR count). The van der Waals surface area contributed by atoms with Crippen LogP contribution in [0.3, 0.4) is 0 Å². The molecule has 1 aliphatic heterocycles. The van der Waals surface area contributed by atoms with Gasteiger partial charge in [-0.3, -0.25) is 0 Å². The standard InChI is InChI=1S/C14H24N2O3/c1-2-14(12(17)18)9-6-10-16(14)13(19)15-11-7-4-3-5-8-11/h11H,2-10H2,1H3,(H,15,19)(H,17,18). The Morgan fingerprint density at radius 3 is 2.53 bits per heavy atom. The van der Waals surface area contributed by atoms with Gasteiger partial charge >= 0.3 is 12.0 Å². The second-order valence-electron chi connectivity index (χ2n) is 5.73. The lowest BCUT2D eigenvalue weighted by Crippen LogP contribution is -2.57. The van der Waals surface area contributed by atoms with Crippen LogP contribution in [-0.4, -0.2) is 40.1 Å². The fourth-order valence-corrected chi connectivity index (χ4v) is 3.42. The van der Waals surface area contributed by atoms with E-state index in [1.165, 1.54) is 6.42 Å². The fraction of sp³-hybridized carbons (Fsp3) is 0.857. The van der Waals surface area contributed by atoms with Gasteiger partial charge in [0.15, 0.2) is 0 Å². The van der Waals surface area contributed by atoms with Crippen LogP contribution in [0.1, 0.15) is 58.3 Å². The number of amides is 2. The zero-order valence-corrected chi connectivity index (χ0v) is 11.7. The van der Waals surface area contributed by atoms with Gasteiger partial charge in [-0.25, -0.2) is 9.59 Å². The normalized spacial score (nSPS) is 28.4. The molecule has 1 aliphatic carbocycles. The quantitative estimate of drug-likeness (QED) is 0.825. The average Bonchev–Trinajstić information content (AvgIpc) is 2.85. The number of likely N-dealkylation sites (tertiary alicyclic amines) is 1. The van der Waals surface area contributed by atoms with Crippen molar-refractivity contribution in [2.75, 3.05) is 6.54 Å². The van der Waals surface area contributed by atoms with E-state index in [-0.39, 0.29) is 12.1 Å². The molecular formula is C14H24N2O3. The zero-order chi connectivity index (χ0) is 13.9. The number of carbonyl (C=O) groups is 2. The molecule has 19 heavy (non-hydrogen) atoms. The van der Waals surface area contributed by atoms with Crippen LogP contribution in [0.25, 0.3) is 0 Å². The number of rotatable bonds is 3. The van der Waals surface area contributed by atoms with E-state index in [9.17, 15) is 14.7 Å². The van der Waals surface area contributed by atoms with E-state index < -0.39 is 11.5 Å². The van der Waals surface area contributed by atoms with Gasteiger partial charge in [0.25, 0.3) is 0 Å². The number of aliphatic carboxylic acids is 1. The lowest BCUT2D eigenvalue weighted by atomic mass is 9.93. The molecule has 0 radical (unpaired) electrons. The number of nitrogens with one attached hydrogen (secondary N) is 1. The van der Waals surface area contributed by atoms with E-state index in [2.05, 4.69) is 5.32 Å². The van der Waals surface area contributed by atoms with Crippen LogP contribution in [0.2, 0.25) is 0 Å². The molecule has 0 aromatic rings. The van der Waals surface area contributed by atoms with Crippen LogP contribution < -0.4 is 5.32 Å². The molecule has 5 heteroatoms. The Bertz CT molecular complexity index is 353. The van der Waals surface area contributed by atoms with E-state index in [0.29, 0.717) is 19.4 Å². The number of carboxylic acids is 1. The summed E-state index contributed by atoms with van der Waals surface area (Å²) in [6.45, 7) is 2.40. The molecule has 5 nitrogen and oxygen atoms in total. The van der Waals surface area contributed by atoms with Crippen molar-refractivity contribution in [3.63, 3.8) is 0 Å². The topological polar surface area (TPSA) is 69.6 Å². The highest BCUT2D eigenvalue weighted by molar-refractivity contribution is 5.87. The molecule has 108 valence electrons. The molecule has 0 aromatic heterocycles. The maximum Gasteiger partial charge on any atom is 0.329 e. The predicted octanol–water partition coefficient (Wildman–Crippen LogP) is 2.36. The molecule has 0 aromatic carbocycles. The molecule has 1 saturated heterocycles. The highest BCUT2D eigenvalue weighted by Crippen LogP contribution is 2.33. The average molecular weight is 268 g/mol. The first-order valence-electron chi connectivity index (χ1n) is 7.41. The van der Waals surface area contributed by atoms with Crippen LogP contribution in [0.5, 0.6) is 0 Å². The number of urea groups is 1. The summed E-state index contributed by atoms with van der Waals surface area (Å²) in [5.74, 6) is -0.869. The molecule has 2 N–H and O–H groups in total. The smallest absolute Gasteiger partial charge is 0.329 e. The minimum absolute atomic E-state index is 0.186. The molecule has 2 amide bonds. The Kier molecular flexibility index (Phi) is 4.32. The molecule has 1 heterocycles. The monoisotopic (exact) mass is 268 g/mol. The van der Waals surface area contributed by atoms with Crippen LogP contribution in [0, 0.1) is 0 Å². The molecule has 1 saturated carbocycles. The summed E-state index contributed by atoms with van der Waals surface area (Å²) in [5, 5.41) is 12.5. The highest BCUT2D eigenvalue weighted by atomic mass is 16.4. The van der Waals surface area contributed by atoms with Gasteiger partial charge in [-0.05, 0) is 32.1 Å². The first-order valence-corrected chi connectivity index (χ1v) is 7.41. The Labute approximate surface area is 114 Å². The summed E-state index contributed by atoms with van der Waals surface area (Å²) in [6, 6.07) is 0.0406. The largest absolute Gasteiger partial charge is 0.479 e. The van der Waals surface area contributed by atoms with Crippen molar-refractivity contribution in [2.24, 2.45) is 0 Å². The summed E-state index contributed by atoms with van der Waals surface area (Å²) < 4.78 is 0. The van der Waals surface area contributed by atoms with Crippen LogP contribution in [0.15, 0.2) is 0 Å². The van der Waals surface area contributed by atoms with Crippen molar-refractivity contribution in [3.05, 3.63) is 0 Å². The van der Waals surface area contributed by atoms with Crippen LogP contribution in [-0.2, 0) is 4.79 Å². The highest BCUT2D eigenvalue weighted by Gasteiger charge is 2.48. The molecule has 1 atom stereocenters. The van der Waals surface area contributed by atoms with Gasteiger partial charge < -0.3 is 15.3 Å². The third-order valence-corrected chi connectivity index (χ3v) is 4.65. The first-order chi connectivity index (χ1) is 9.10. The third-order valence-electron chi connectivity index (χ3n) is 4.65. The molecular weight excluding hydrogens is 244 g/mol. The molecule has 2 aliphatic rings. The van der Waals surface area contributed by atoms with Crippen molar-refractivity contribution < 1.29 is 14.7 Å². The number of hydrogen-bond donors (Lipinski definition) is 2. The number of nitrogens with zero attached hydrogens (tertiary/aromatic N) is 1. The van der Waals surface area contributed by atoms with Gasteiger partial charge in [0.2, 0.25) is 0 Å². The maximum atomic E-state index is 12.3. The predicted molar refractivity (Wildman–Crippen MR) is 72.0 cm³/mol. The summed E-state index contributed by atoms with van der Waals surface area (Å²) in [4.78, 5) is 25.4. The van der Waals surface area contributed by atoms with Gasteiger partial charge in [0, 0.05) is 12.6 Å². The Balaban J connectivity index is 2.02. The summed E-state index contributed by atoms with van der Waals surface area (Å²) >= 11 is 0. The Morgan fingerprint density at radius 1 is 1.26 bits per heavy atom. The van der Waals surface area contributed by atoms with Crippen molar-refractivity contribution >= 4 is 12.0 Å². The lowest BCUT2D eigenvalue weighted by Gasteiger charge is -2.35. The van der Waals surface area contributed by atoms with E-state index >= 15 is 0 Å². The van der Waals surface area contributed by atoms with Gasteiger partial charge in [0.05, 0.1) is 0 Å². The van der Waals surface area contributed by atoms with Crippen molar-refractivity contribution in [1.82, 2.24) is 10.2 Å². The van der Waals surface area contributed by atoms with Crippen molar-refractivity contribution in [2.45, 2.75) is 69.9 Å². The minimum Gasteiger partial charge on any atom is -0.479 e. The van der Waals surface area contributed by atoms with E-state index in [1.54, 1.807) is 4.90 Å². The summed E-state index contributed by atoms with van der Waals surface area (Å²) in [6.07, 6.45) is 7.41. The summed E-state index contributed by atoms with van der Waals surface area (Å²) in [5.41, 5.74) is -0.987. The Hall–Kier alpha value is -1.26. The van der Waals surface area contributed by atoms with E-state index in [1.807, 2.05) is 6.92 Å². The SMILES string of the molecule is CCC1(C(=O)O)CCCN1C(=O)NC1CCCCC1. The second-order valence-corrected chi connectivity index (χ2v) is 5.73. The molecule has 0 spiro atoms. The van der Waals surface area contributed by atoms with Crippen molar-refractivity contribution in [3.8, 4) is 0 Å². The Morgan fingerprint density at radius 2 is 1.95 bits per heavy atom. The molecule has 0 bridgehead atoms. The molecule has 2 fully saturated rings. The van der Waals surface area contributed by atoms with Gasteiger partial charge in [-0.15, -0.1) is 0 Å². The minimum atomic E-state index is -0.987.